The number of hydrogen-bond acceptors (Lipinski definition) is 3. The molecule has 4 nitrogen and oxygen atoms in total. The monoisotopic (exact) mass is 265 g/mol. The second-order valence-corrected chi connectivity index (χ2v) is 5.09. The van der Waals surface area contributed by atoms with E-state index in [2.05, 4.69) is 18.8 Å². The molecule has 1 amide bonds. The lowest BCUT2D eigenvalue weighted by atomic mass is 9.84. The summed E-state index contributed by atoms with van der Waals surface area (Å²) in [4.78, 5) is 23.5. The van der Waals surface area contributed by atoms with E-state index < -0.39 is 6.09 Å². The number of ketones is 1. The average molecular weight is 265 g/mol. The minimum atomic E-state index is -0.474. The molecular formula is C15H23NO3. The number of hydrogen-bond donors (Lipinski definition) is 1. The molecule has 0 saturated heterocycles. The number of amides is 1. The molecule has 0 aromatic rings. The summed E-state index contributed by atoms with van der Waals surface area (Å²) in [5.74, 6) is 0.600. The molecule has 0 bridgehead atoms. The van der Waals surface area contributed by atoms with E-state index in [0.717, 1.165) is 18.4 Å². The Morgan fingerprint density at radius 1 is 1.47 bits per heavy atom. The van der Waals surface area contributed by atoms with Crippen molar-refractivity contribution in [3.05, 3.63) is 23.5 Å². The highest BCUT2D eigenvalue weighted by atomic mass is 16.6. The van der Waals surface area contributed by atoms with Gasteiger partial charge in [-0.05, 0) is 26.2 Å². The highest BCUT2D eigenvalue weighted by molar-refractivity contribution is 5.96. The van der Waals surface area contributed by atoms with E-state index in [0.29, 0.717) is 30.7 Å². The molecule has 0 saturated carbocycles. The van der Waals surface area contributed by atoms with Crippen molar-refractivity contribution in [2.24, 2.45) is 5.92 Å². The second kappa shape index (κ2) is 7.12. The molecule has 0 radical (unpaired) electrons. The highest BCUT2D eigenvalue weighted by Gasteiger charge is 2.27. The van der Waals surface area contributed by atoms with Crippen LogP contribution >= 0.6 is 0 Å². The van der Waals surface area contributed by atoms with E-state index in [9.17, 15) is 9.59 Å². The predicted molar refractivity (Wildman–Crippen MR) is 74.6 cm³/mol. The lowest BCUT2D eigenvalue weighted by Gasteiger charge is -2.24. The van der Waals surface area contributed by atoms with Crippen LogP contribution in [0.1, 0.15) is 46.5 Å². The Morgan fingerprint density at radius 3 is 2.74 bits per heavy atom. The van der Waals surface area contributed by atoms with Crippen LogP contribution in [0.3, 0.4) is 0 Å². The van der Waals surface area contributed by atoms with Gasteiger partial charge in [0.05, 0.1) is 0 Å². The van der Waals surface area contributed by atoms with E-state index in [1.165, 1.54) is 0 Å². The molecule has 1 atom stereocenters. The molecule has 1 aliphatic carbocycles. The van der Waals surface area contributed by atoms with Crippen molar-refractivity contribution in [3.8, 4) is 0 Å². The SMILES string of the molecule is C=C(C)C1CC(=O)C(C)=C(OC(=O)NCCCC)C1. The number of unbranched alkanes of at least 4 members (excludes halogenated alkanes) is 1. The van der Waals surface area contributed by atoms with Crippen LogP contribution in [0, 0.1) is 5.92 Å². The number of carbonyl (C=O) groups is 2. The summed E-state index contributed by atoms with van der Waals surface area (Å²) in [6, 6.07) is 0. The van der Waals surface area contributed by atoms with Crippen molar-refractivity contribution < 1.29 is 14.3 Å². The van der Waals surface area contributed by atoms with Gasteiger partial charge in [0.2, 0.25) is 0 Å². The smallest absolute Gasteiger partial charge is 0.412 e. The van der Waals surface area contributed by atoms with Gasteiger partial charge in [-0.3, -0.25) is 4.79 Å². The third kappa shape index (κ3) is 4.54. The summed E-state index contributed by atoms with van der Waals surface area (Å²) in [6.07, 6.45) is 2.50. The molecule has 0 aromatic carbocycles. The first-order chi connectivity index (χ1) is 8.95. The van der Waals surface area contributed by atoms with Crippen molar-refractivity contribution in [1.29, 1.82) is 0 Å². The molecular weight excluding hydrogens is 242 g/mol. The maximum absolute atomic E-state index is 11.9. The van der Waals surface area contributed by atoms with Crippen molar-refractivity contribution in [3.63, 3.8) is 0 Å². The standard InChI is InChI=1S/C15H23NO3/c1-5-6-7-16-15(18)19-14-9-12(10(2)3)8-13(17)11(14)4/h12H,2,5-9H2,1,3-4H3,(H,16,18). The van der Waals surface area contributed by atoms with Crippen LogP contribution in [0.2, 0.25) is 0 Å². The van der Waals surface area contributed by atoms with E-state index >= 15 is 0 Å². The fourth-order valence-electron chi connectivity index (χ4n) is 1.96. The summed E-state index contributed by atoms with van der Waals surface area (Å²) in [5, 5.41) is 2.68. The average Bonchev–Trinajstić information content (AvgIpc) is 2.34. The summed E-state index contributed by atoms with van der Waals surface area (Å²) < 4.78 is 5.27. The van der Waals surface area contributed by atoms with Crippen molar-refractivity contribution >= 4 is 11.9 Å². The van der Waals surface area contributed by atoms with E-state index in [-0.39, 0.29) is 11.7 Å². The fraction of sp³-hybridized carbons (Fsp3) is 0.600. The fourth-order valence-corrected chi connectivity index (χ4v) is 1.96. The Kier molecular flexibility index (Phi) is 5.80. The zero-order valence-electron chi connectivity index (χ0n) is 12.0. The predicted octanol–water partition coefficient (Wildman–Crippen LogP) is 3.34. The zero-order chi connectivity index (χ0) is 14.4. The molecule has 0 aromatic heterocycles. The number of alkyl carbamates (subject to hydrolysis) is 1. The molecule has 19 heavy (non-hydrogen) atoms. The summed E-state index contributed by atoms with van der Waals surface area (Å²) in [5.41, 5.74) is 1.51. The van der Waals surface area contributed by atoms with Gasteiger partial charge in [-0.1, -0.05) is 25.5 Å². The summed E-state index contributed by atoms with van der Waals surface area (Å²) in [6.45, 7) is 10.1. The molecule has 0 fully saturated rings. The van der Waals surface area contributed by atoms with Crippen molar-refractivity contribution in [2.75, 3.05) is 6.54 Å². The molecule has 0 spiro atoms. The first kappa shape index (κ1) is 15.5. The van der Waals surface area contributed by atoms with Crippen molar-refractivity contribution in [1.82, 2.24) is 5.32 Å². The van der Waals surface area contributed by atoms with E-state index in [4.69, 9.17) is 4.74 Å². The first-order valence-electron chi connectivity index (χ1n) is 6.79. The van der Waals surface area contributed by atoms with Crippen LogP contribution in [-0.2, 0) is 9.53 Å². The highest BCUT2D eigenvalue weighted by Crippen LogP contribution is 2.31. The maximum Gasteiger partial charge on any atom is 0.412 e. The quantitative estimate of drug-likeness (QED) is 0.612. The number of Topliss-reactive ketones (excluding diaryl/α,β-unsaturated/α-hetero) is 1. The number of ether oxygens (including phenoxy) is 1. The Balaban J connectivity index is 2.64. The lowest BCUT2D eigenvalue weighted by Crippen LogP contribution is -2.28. The van der Waals surface area contributed by atoms with Crippen LogP contribution in [0.5, 0.6) is 0 Å². The lowest BCUT2D eigenvalue weighted by molar-refractivity contribution is -0.117. The molecule has 1 rings (SSSR count). The van der Waals surface area contributed by atoms with Crippen LogP contribution in [-0.4, -0.2) is 18.4 Å². The van der Waals surface area contributed by atoms with E-state index in [1.807, 2.05) is 6.92 Å². The zero-order valence-corrected chi connectivity index (χ0v) is 12.0. The van der Waals surface area contributed by atoms with Gasteiger partial charge in [-0.2, -0.15) is 0 Å². The molecule has 4 heteroatoms. The molecule has 0 heterocycles. The van der Waals surface area contributed by atoms with Gasteiger partial charge in [-0.25, -0.2) is 4.79 Å². The number of nitrogens with one attached hydrogen (secondary N) is 1. The van der Waals surface area contributed by atoms with Gasteiger partial charge in [0, 0.05) is 25.0 Å². The third-order valence-corrected chi connectivity index (χ3v) is 3.41. The minimum Gasteiger partial charge on any atom is -0.414 e. The van der Waals surface area contributed by atoms with Gasteiger partial charge < -0.3 is 10.1 Å². The number of allylic oxidation sites excluding steroid dienone is 3. The minimum absolute atomic E-state index is 0.0376. The topological polar surface area (TPSA) is 55.4 Å². The Hall–Kier alpha value is -1.58. The van der Waals surface area contributed by atoms with Crippen LogP contribution in [0.15, 0.2) is 23.5 Å². The second-order valence-electron chi connectivity index (χ2n) is 5.09. The molecule has 106 valence electrons. The van der Waals surface area contributed by atoms with Gasteiger partial charge in [0.15, 0.2) is 5.78 Å². The van der Waals surface area contributed by atoms with Crippen LogP contribution < -0.4 is 5.32 Å². The molecule has 1 unspecified atom stereocenters. The van der Waals surface area contributed by atoms with Crippen LogP contribution in [0.25, 0.3) is 0 Å². The van der Waals surface area contributed by atoms with Gasteiger partial charge in [0.25, 0.3) is 0 Å². The Bertz CT molecular complexity index is 410. The summed E-state index contributed by atoms with van der Waals surface area (Å²) >= 11 is 0. The summed E-state index contributed by atoms with van der Waals surface area (Å²) in [7, 11) is 0. The van der Waals surface area contributed by atoms with Crippen LogP contribution in [0.4, 0.5) is 4.79 Å². The Labute approximate surface area is 114 Å². The van der Waals surface area contributed by atoms with E-state index in [1.54, 1.807) is 6.92 Å². The van der Waals surface area contributed by atoms with Gasteiger partial charge >= 0.3 is 6.09 Å². The van der Waals surface area contributed by atoms with Gasteiger partial charge in [-0.15, -0.1) is 0 Å². The largest absolute Gasteiger partial charge is 0.414 e. The number of rotatable bonds is 5. The molecule has 1 aliphatic rings. The molecule has 0 aliphatic heterocycles. The Morgan fingerprint density at radius 2 is 2.16 bits per heavy atom. The normalized spacial score (nSPS) is 19.3. The van der Waals surface area contributed by atoms with Crippen molar-refractivity contribution in [2.45, 2.75) is 46.5 Å². The first-order valence-corrected chi connectivity index (χ1v) is 6.79. The third-order valence-electron chi connectivity index (χ3n) is 3.41. The molecule has 1 N–H and O–H groups in total. The maximum atomic E-state index is 11.9. The van der Waals surface area contributed by atoms with Gasteiger partial charge in [0.1, 0.15) is 5.76 Å². The number of carbonyl (C=O) groups excluding carboxylic acids is 2.